The molecule has 1 unspecified atom stereocenters. The Morgan fingerprint density at radius 1 is 1.40 bits per heavy atom. The predicted octanol–water partition coefficient (Wildman–Crippen LogP) is 4.72. The Morgan fingerprint density at radius 3 is 2.80 bits per heavy atom. The van der Waals surface area contributed by atoms with Gasteiger partial charge in [-0.3, -0.25) is 0 Å². The molecule has 3 heteroatoms. The van der Waals surface area contributed by atoms with Crippen molar-refractivity contribution in [1.82, 2.24) is 0 Å². The zero-order valence-electron chi connectivity index (χ0n) is 8.84. The number of rotatable bonds is 5. The maximum Gasteiger partial charge on any atom is 0.0801 e. The summed E-state index contributed by atoms with van der Waals surface area (Å²) in [4.78, 5) is 0. The van der Waals surface area contributed by atoms with Crippen LogP contribution in [0.3, 0.4) is 0 Å². The Balaban J connectivity index is 2.64. The molecule has 0 amide bonds. The number of unbranched alkanes of at least 4 members (excludes halogenated alkanes) is 2. The Bertz CT molecular complexity index is 314. The molecular weight excluding hydrogens is 275 g/mol. The van der Waals surface area contributed by atoms with E-state index in [0.29, 0.717) is 5.02 Å². The third kappa shape index (κ3) is 4.13. The lowest BCUT2D eigenvalue weighted by atomic mass is 10.0. The first-order valence-electron chi connectivity index (χ1n) is 5.28. The molecule has 0 saturated carbocycles. The van der Waals surface area contributed by atoms with Gasteiger partial charge in [0, 0.05) is 9.50 Å². The van der Waals surface area contributed by atoms with Gasteiger partial charge in [0.15, 0.2) is 0 Å². The summed E-state index contributed by atoms with van der Waals surface area (Å²) in [6.45, 7) is 2.15. The molecule has 0 aliphatic rings. The number of aliphatic hydroxyl groups excluding tert-OH is 1. The summed E-state index contributed by atoms with van der Waals surface area (Å²) in [7, 11) is 0. The van der Waals surface area contributed by atoms with Crippen LogP contribution in [0.15, 0.2) is 22.7 Å². The molecule has 84 valence electrons. The van der Waals surface area contributed by atoms with Crippen molar-refractivity contribution in [2.75, 3.05) is 0 Å². The van der Waals surface area contributed by atoms with Gasteiger partial charge in [-0.05, 0) is 30.2 Å². The quantitative estimate of drug-likeness (QED) is 0.779. The standard InChI is InChI=1S/C12H16BrClO/c1-2-3-4-5-12(15)10-8-9(14)6-7-11(10)13/h6-8,12,15H,2-5H2,1H3. The first-order valence-corrected chi connectivity index (χ1v) is 6.45. The minimum atomic E-state index is -0.412. The topological polar surface area (TPSA) is 20.2 Å². The van der Waals surface area contributed by atoms with E-state index in [1.165, 1.54) is 6.42 Å². The van der Waals surface area contributed by atoms with Crippen LogP contribution in [0.5, 0.6) is 0 Å². The monoisotopic (exact) mass is 290 g/mol. The summed E-state index contributed by atoms with van der Waals surface area (Å²) in [5.41, 5.74) is 0.888. The molecule has 0 aliphatic heterocycles. The van der Waals surface area contributed by atoms with Gasteiger partial charge in [-0.15, -0.1) is 0 Å². The lowest BCUT2D eigenvalue weighted by molar-refractivity contribution is 0.163. The average Bonchev–Trinajstić information content (AvgIpc) is 2.22. The number of hydrogen-bond acceptors (Lipinski definition) is 1. The molecule has 1 N–H and O–H groups in total. The summed E-state index contributed by atoms with van der Waals surface area (Å²) in [5.74, 6) is 0. The van der Waals surface area contributed by atoms with E-state index in [1.807, 2.05) is 18.2 Å². The molecule has 1 rings (SSSR count). The van der Waals surface area contributed by atoms with E-state index in [0.717, 1.165) is 29.3 Å². The molecule has 1 aromatic rings. The molecule has 0 heterocycles. The van der Waals surface area contributed by atoms with Crippen molar-refractivity contribution in [3.05, 3.63) is 33.3 Å². The minimum absolute atomic E-state index is 0.412. The van der Waals surface area contributed by atoms with Crippen molar-refractivity contribution in [3.8, 4) is 0 Å². The maximum absolute atomic E-state index is 9.96. The van der Waals surface area contributed by atoms with Crippen molar-refractivity contribution >= 4 is 27.5 Å². The summed E-state index contributed by atoms with van der Waals surface area (Å²) in [6.07, 6.45) is 3.77. The predicted molar refractivity (Wildman–Crippen MR) is 68.3 cm³/mol. The van der Waals surface area contributed by atoms with Crippen LogP contribution in [-0.4, -0.2) is 5.11 Å². The summed E-state index contributed by atoms with van der Waals surface area (Å²) in [6, 6.07) is 5.51. The zero-order chi connectivity index (χ0) is 11.3. The highest BCUT2D eigenvalue weighted by Crippen LogP contribution is 2.29. The molecule has 0 bridgehead atoms. The van der Waals surface area contributed by atoms with Gasteiger partial charge in [-0.1, -0.05) is 53.7 Å². The SMILES string of the molecule is CCCCCC(O)c1cc(Cl)ccc1Br. The third-order valence-electron chi connectivity index (χ3n) is 2.40. The summed E-state index contributed by atoms with van der Waals surface area (Å²) >= 11 is 9.31. The molecule has 0 saturated heterocycles. The normalized spacial score (nSPS) is 12.8. The highest BCUT2D eigenvalue weighted by atomic mass is 79.9. The number of benzene rings is 1. The Morgan fingerprint density at radius 2 is 2.13 bits per heavy atom. The molecule has 1 atom stereocenters. The van der Waals surface area contributed by atoms with E-state index >= 15 is 0 Å². The van der Waals surface area contributed by atoms with Crippen LogP contribution in [0, 0.1) is 0 Å². The second kappa shape index (κ2) is 6.51. The lowest BCUT2D eigenvalue weighted by Crippen LogP contribution is -1.98. The van der Waals surface area contributed by atoms with Crippen LogP contribution < -0.4 is 0 Å². The van der Waals surface area contributed by atoms with Gasteiger partial charge in [-0.25, -0.2) is 0 Å². The smallest absolute Gasteiger partial charge is 0.0801 e. The summed E-state index contributed by atoms with van der Waals surface area (Å²) < 4.78 is 0.927. The number of aliphatic hydroxyl groups is 1. The molecule has 1 aromatic carbocycles. The molecule has 0 aromatic heterocycles. The van der Waals surface area contributed by atoms with Gasteiger partial charge < -0.3 is 5.11 Å². The lowest BCUT2D eigenvalue weighted by Gasteiger charge is -2.12. The van der Waals surface area contributed by atoms with Gasteiger partial charge in [0.2, 0.25) is 0 Å². The van der Waals surface area contributed by atoms with E-state index in [9.17, 15) is 5.11 Å². The molecule has 0 aliphatic carbocycles. The fourth-order valence-electron chi connectivity index (χ4n) is 1.51. The number of halogens is 2. The van der Waals surface area contributed by atoms with E-state index in [2.05, 4.69) is 22.9 Å². The van der Waals surface area contributed by atoms with E-state index < -0.39 is 6.10 Å². The van der Waals surface area contributed by atoms with Gasteiger partial charge >= 0.3 is 0 Å². The average molecular weight is 292 g/mol. The fraction of sp³-hybridized carbons (Fsp3) is 0.500. The first-order chi connectivity index (χ1) is 7.15. The van der Waals surface area contributed by atoms with E-state index in [1.54, 1.807) is 0 Å². The van der Waals surface area contributed by atoms with Crippen molar-refractivity contribution < 1.29 is 5.11 Å². The first kappa shape index (κ1) is 13.0. The summed E-state index contributed by atoms with van der Waals surface area (Å²) in [5, 5.41) is 10.6. The Labute approximate surface area is 105 Å². The zero-order valence-corrected chi connectivity index (χ0v) is 11.2. The van der Waals surface area contributed by atoms with Crippen LogP contribution in [0.2, 0.25) is 5.02 Å². The fourth-order valence-corrected chi connectivity index (χ4v) is 2.20. The second-order valence-electron chi connectivity index (χ2n) is 3.68. The van der Waals surface area contributed by atoms with Crippen molar-refractivity contribution in [1.29, 1.82) is 0 Å². The van der Waals surface area contributed by atoms with Crippen LogP contribution in [0.25, 0.3) is 0 Å². The maximum atomic E-state index is 9.96. The Hall–Kier alpha value is -0.0500. The van der Waals surface area contributed by atoms with Gasteiger partial charge in [0.1, 0.15) is 0 Å². The van der Waals surface area contributed by atoms with Crippen LogP contribution in [-0.2, 0) is 0 Å². The van der Waals surface area contributed by atoms with Crippen molar-refractivity contribution in [2.45, 2.75) is 38.7 Å². The molecular formula is C12H16BrClO. The van der Waals surface area contributed by atoms with Gasteiger partial charge in [0.05, 0.1) is 6.10 Å². The van der Waals surface area contributed by atoms with Crippen LogP contribution >= 0.6 is 27.5 Å². The molecule has 0 fully saturated rings. The minimum Gasteiger partial charge on any atom is -0.388 e. The van der Waals surface area contributed by atoms with Crippen molar-refractivity contribution in [3.63, 3.8) is 0 Å². The van der Waals surface area contributed by atoms with Crippen LogP contribution in [0.4, 0.5) is 0 Å². The van der Waals surface area contributed by atoms with Gasteiger partial charge in [0.25, 0.3) is 0 Å². The van der Waals surface area contributed by atoms with Crippen LogP contribution in [0.1, 0.15) is 44.3 Å². The molecule has 1 nitrogen and oxygen atoms in total. The molecule has 0 radical (unpaired) electrons. The van der Waals surface area contributed by atoms with Crippen molar-refractivity contribution in [2.24, 2.45) is 0 Å². The largest absolute Gasteiger partial charge is 0.388 e. The molecule has 0 spiro atoms. The third-order valence-corrected chi connectivity index (χ3v) is 3.36. The second-order valence-corrected chi connectivity index (χ2v) is 4.97. The Kier molecular flexibility index (Phi) is 5.65. The van der Waals surface area contributed by atoms with Gasteiger partial charge in [-0.2, -0.15) is 0 Å². The highest BCUT2D eigenvalue weighted by molar-refractivity contribution is 9.10. The van der Waals surface area contributed by atoms with E-state index in [-0.39, 0.29) is 0 Å². The number of hydrogen-bond donors (Lipinski definition) is 1. The van der Waals surface area contributed by atoms with E-state index in [4.69, 9.17) is 11.6 Å². The molecule has 15 heavy (non-hydrogen) atoms. The highest BCUT2D eigenvalue weighted by Gasteiger charge is 2.11.